The molecular weight excluding hydrogens is 827 g/mol. The predicted octanol–water partition coefficient (Wildman–Crippen LogP) is 19.1. The molecule has 0 heterocycles. The first-order chi connectivity index (χ1) is 33.0. The molecule has 0 aromatic rings. The lowest BCUT2D eigenvalue weighted by Gasteiger charge is -2.22. The molecule has 0 aliphatic heterocycles. The number of hydrogen-bond donors (Lipinski definition) is 3. The van der Waals surface area contributed by atoms with E-state index in [0.29, 0.717) is 25.9 Å². The van der Waals surface area contributed by atoms with Crippen molar-refractivity contribution < 1.29 is 24.5 Å². The summed E-state index contributed by atoms with van der Waals surface area (Å²) in [7, 11) is 0. The van der Waals surface area contributed by atoms with Crippen LogP contribution in [0.25, 0.3) is 0 Å². The molecule has 67 heavy (non-hydrogen) atoms. The Kier molecular flexibility index (Phi) is 56.5. The Morgan fingerprint density at radius 3 is 0.910 bits per heavy atom. The number of aliphatic hydroxyl groups is 2. The molecule has 0 aliphatic rings. The van der Waals surface area contributed by atoms with Gasteiger partial charge < -0.3 is 20.3 Å². The molecule has 6 nitrogen and oxygen atoms in total. The first-order valence-corrected chi connectivity index (χ1v) is 30.8. The summed E-state index contributed by atoms with van der Waals surface area (Å²) in [5.74, 6) is -0.0457. The highest BCUT2D eigenvalue weighted by atomic mass is 16.5. The first kappa shape index (κ1) is 65.9. The monoisotopic (exact) mass is 948 g/mol. The van der Waals surface area contributed by atoms with Gasteiger partial charge in [-0.15, -0.1) is 0 Å². The molecule has 0 saturated carbocycles. The number of unbranched alkanes of at least 4 members (excludes halogenated alkanes) is 47. The second-order valence-corrected chi connectivity index (χ2v) is 21.4. The molecule has 0 aromatic carbocycles. The second-order valence-electron chi connectivity index (χ2n) is 21.4. The number of hydrogen-bond acceptors (Lipinski definition) is 5. The fourth-order valence-electron chi connectivity index (χ4n) is 9.94. The average Bonchev–Trinajstić information content (AvgIpc) is 3.33. The summed E-state index contributed by atoms with van der Waals surface area (Å²) >= 11 is 0. The van der Waals surface area contributed by atoms with Crippen molar-refractivity contribution >= 4 is 11.9 Å². The van der Waals surface area contributed by atoms with Crippen molar-refractivity contribution in [3.05, 3.63) is 0 Å². The van der Waals surface area contributed by atoms with Gasteiger partial charge in [-0.25, -0.2) is 0 Å². The zero-order valence-electron chi connectivity index (χ0n) is 45.7. The zero-order valence-corrected chi connectivity index (χ0v) is 45.7. The lowest BCUT2D eigenvalue weighted by molar-refractivity contribution is -0.143. The zero-order chi connectivity index (χ0) is 48.6. The van der Waals surface area contributed by atoms with Gasteiger partial charge in [-0.2, -0.15) is 0 Å². The number of aliphatic hydroxyl groups excluding tert-OH is 2. The highest BCUT2D eigenvalue weighted by molar-refractivity contribution is 5.76. The summed E-state index contributed by atoms with van der Waals surface area (Å²) in [5.41, 5.74) is 0. The van der Waals surface area contributed by atoms with E-state index >= 15 is 0 Å². The molecule has 0 fully saturated rings. The first-order valence-electron chi connectivity index (χ1n) is 30.8. The van der Waals surface area contributed by atoms with E-state index in [2.05, 4.69) is 19.2 Å². The molecule has 1 amide bonds. The van der Waals surface area contributed by atoms with E-state index in [1.54, 1.807) is 0 Å². The molecule has 0 radical (unpaired) electrons. The highest BCUT2D eigenvalue weighted by Gasteiger charge is 2.20. The van der Waals surface area contributed by atoms with E-state index in [0.717, 1.165) is 51.4 Å². The summed E-state index contributed by atoms with van der Waals surface area (Å²) in [6.45, 7) is 4.96. The lowest BCUT2D eigenvalue weighted by atomic mass is 10.0. The Hall–Kier alpha value is -1.14. The van der Waals surface area contributed by atoms with Crippen LogP contribution >= 0.6 is 0 Å². The average molecular weight is 949 g/mol. The third-order valence-electron chi connectivity index (χ3n) is 14.7. The van der Waals surface area contributed by atoms with Gasteiger partial charge in [0.1, 0.15) is 0 Å². The minimum Gasteiger partial charge on any atom is -0.466 e. The molecule has 400 valence electrons. The van der Waals surface area contributed by atoms with Crippen LogP contribution in [0, 0.1) is 0 Å². The molecule has 0 aliphatic carbocycles. The Bertz CT molecular complexity index is 959. The number of esters is 1. The van der Waals surface area contributed by atoms with Crippen LogP contribution in [0.4, 0.5) is 0 Å². The minimum atomic E-state index is -0.673. The molecule has 0 aromatic heterocycles. The fraction of sp³-hybridized carbons (Fsp3) is 0.967. The highest BCUT2D eigenvalue weighted by Crippen LogP contribution is 2.18. The summed E-state index contributed by atoms with van der Waals surface area (Å²) in [4.78, 5) is 24.5. The van der Waals surface area contributed by atoms with E-state index < -0.39 is 12.1 Å². The number of carbonyl (C=O) groups is 2. The lowest BCUT2D eigenvalue weighted by Crippen LogP contribution is -2.45. The van der Waals surface area contributed by atoms with Crippen molar-refractivity contribution in [3.63, 3.8) is 0 Å². The maximum atomic E-state index is 12.5. The van der Waals surface area contributed by atoms with Crippen LogP contribution in [-0.4, -0.2) is 47.4 Å². The van der Waals surface area contributed by atoms with E-state index in [4.69, 9.17) is 4.74 Å². The Morgan fingerprint density at radius 1 is 0.358 bits per heavy atom. The molecule has 6 heteroatoms. The number of carbonyl (C=O) groups excluding carboxylic acids is 2. The Morgan fingerprint density at radius 2 is 0.612 bits per heavy atom. The SMILES string of the molecule is CCCCCCCCCCCCCCCCCCCCCCCCCCCC(O)C(CO)NC(=O)CCCCCCCCCCCCCCCOC(=O)CCCCCCCCCCCCCC. The van der Waals surface area contributed by atoms with Gasteiger partial charge in [-0.3, -0.25) is 9.59 Å². The quantitative estimate of drug-likeness (QED) is 0.0417. The second kappa shape index (κ2) is 57.4. The van der Waals surface area contributed by atoms with E-state index in [1.807, 2.05) is 0 Å². The maximum Gasteiger partial charge on any atom is 0.305 e. The standard InChI is InChI=1S/C61H121NO5/c1-3-5-7-9-11-13-15-17-18-19-20-21-22-23-24-25-26-27-28-30-33-37-41-45-49-53-59(64)58(57-63)62-60(65)54-50-46-42-38-34-31-29-32-36-40-44-48-52-56-67-61(66)55-51-47-43-39-35-16-14-12-10-8-6-4-2/h58-59,63-64H,3-57H2,1-2H3,(H,62,65). The van der Waals surface area contributed by atoms with E-state index in [9.17, 15) is 19.8 Å². The summed E-state index contributed by atoms with van der Waals surface area (Å²) in [6, 6.07) is -0.551. The molecule has 0 spiro atoms. The van der Waals surface area contributed by atoms with Crippen LogP contribution in [0.1, 0.15) is 354 Å². The molecular formula is C61H121NO5. The predicted molar refractivity (Wildman–Crippen MR) is 292 cm³/mol. The molecule has 0 rings (SSSR count). The molecule has 0 bridgehead atoms. The van der Waals surface area contributed by atoms with Crippen molar-refractivity contribution in [2.24, 2.45) is 0 Å². The van der Waals surface area contributed by atoms with Gasteiger partial charge in [0.25, 0.3) is 0 Å². The Labute approximate surface area is 419 Å². The van der Waals surface area contributed by atoms with Crippen molar-refractivity contribution in [3.8, 4) is 0 Å². The summed E-state index contributed by atoms with van der Waals surface area (Å²) in [6.07, 6.45) is 66.8. The summed E-state index contributed by atoms with van der Waals surface area (Å²) < 4.78 is 5.46. The van der Waals surface area contributed by atoms with Crippen molar-refractivity contribution in [2.45, 2.75) is 366 Å². The fourth-order valence-corrected chi connectivity index (χ4v) is 9.94. The summed E-state index contributed by atoms with van der Waals surface area (Å²) in [5, 5.41) is 23.4. The van der Waals surface area contributed by atoms with Gasteiger partial charge in [0.15, 0.2) is 0 Å². The normalized spacial score (nSPS) is 12.5. The van der Waals surface area contributed by atoms with Crippen LogP contribution in [0.5, 0.6) is 0 Å². The maximum absolute atomic E-state index is 12.5. The van der Waals surface area contributed by atoms with Crippen LogP contribution in [0.15, 0.2) is 0 Å². The van der Waals surface area contributed by atoms with Gasteiger partial charge in [-0.1, -0.05) is 316 Å². The van der Waals surface area contributed by atoms with Crippen molar-refractivity contribution in [2.75, 3.05) is 13.2 Å². The smallest absolute Gasteiger partial charge is 0.305 e. The van der Waals surface area contributed by atoms with Gasteiger partial charge in [-0.05, 0) is 25.7 Å². The number of amides is 1. The van der Waals surface area contributed by atoms with Crippen molar-refractivity contribution in [1.82, 2.24) is 5.32 Å². The van der Waals surface area contributed by atoms with Gasteiger partial charge in [0.2, 0.25) is 5.91 Å². The van der Waals surface area contributed by atoms with Gasteiger partial charge in [0.05, 0.1) is 25.4 Å². The van der Waals surface area contributed by atoms with E-state index in [1.165, 1.54) is 270 Å². The topological polar surface area (TPSA) is 95.9 Å². The third-order valence-corrected chi connectivity index (χ3v) is 14.7. The van der Waals surface area contributed by atoms with Crippen LogP contribution in [0.3, 0.4) is 0 Å². The molecule has 2 unspecified atom stereocenters. The minimum absolute atomic E-state index is 0.00311. The number of rotatable bonds is 58. The number of nitrogens with one attached hydrogen (secondary N) is 1. The van der Waals surface area contributed by atoms with Crippen LogP contribution in [0.2, 0.25) is 0 Å². The number of ether oxygens (including phenoxy) is 1. The Balaban J connectivity index is 3.42. The van der Waals surface area contributed by atoms with Gasteiger partial charge in [0, 0.05) is 12.8 Å². The molecule has 3 N–H and O–H groups in total. The van der Waals surface area contributed by atoms with E-state index in [-0.39, 0.29) is 18.5 Å². The van der Waals surface area contributed by atoms with Crippen LogP contribution < -0.4 is 5.32 Å². The van der Waals surface area contributed by atoms with Gasteiger partial charge >= 0.3 is 5.97 Å². The third kappa shape index (κ3) is 54.0. The largest absolute Gasteiger partial charge is 0.466 e. The molecule has 0 saturated heterocycles. The van der Waals surface area contributed by atoms with Crippen LogP contribution in [-0.2, 0) is 14.3 Å². The van der Waals surface area contributed by atoms with Crippen molar-refractivity contribution in [1.29, 1.82) is 0 Å². The molecule has 2 atom stereocenters.